The molecule has 2 rings (SSSR count). The lowest BCUT2D eigenvalue weighted by Gasteiger charge is -2.25. The predicted molar refractivity (Wildman–Crippen MR) is 133 cm³/mol. The normalized spacial score (nSPS) is 18.5. The van der Waals surface area contributed by atoms with Gasteiger partial charge in [-0.2, -0.15) is 0 Å². The Hall–Kier alpha value is -1.59. The average Bonchev–Trinajstić information content (AvgIpc) is 3.21. The number of ether oxygens (including phenoxy) is 3. The topological polar surface area (TPSA) is 93.2 Å². The minimum atomic E-state index is -0.559. The van der Waals surface area contributed by atoms with Gasteiger partial charge in [0.25, 0.3) is 0 Å². The molecule has 9 heteroatoms. The number of guanidine groups is 1. The Kier molecular flexibility index (Phi) is 12.2. The molecule has 0 spiro atoms. The van der Waals surface area contributed by atoms with E-state index in [4.69, 9.17) is 14.2 Å². The summed E-state index contributed by atoms with van der Waals surface area (Å²) in [6.45, 7) is 10.0. The fourth-order valence-corrected chi connectivity index (χ4v) is 2.98. The second-order valence-corrected chi connectivity index (χ2v) is 8.43. The first kappa shape index (κ1) is 27.4. The van der Waals surface area contributed by atoms with Crippen molar-refractivity contribution in [1.29, 1.82) is 0 Å². The highest BCUT2D eigenvalue weighted by molar-refractivity contribution is 14.0. The van der Waals surface area contributed by atoms with Crippen molar-refractivity contribution in [3.8, 4) is 0 Å². The number of hydrogen-bond donors (Lipinski definition) is 3. The number of halogens is 1. The zero-order valence-electron chi connectivity index (χ0n) is 19.1. The van der Waals surface area contributed by atoms with Crippen molar-refractivity contribution in [2.75, 3.05) is 33.4 Å². The van der Waals surface area contributed by atoms with Crippen molar-refractivity contribution < 1.29 is 19.0 Å². The fraction of sp³-hybridized carbons (Fsp3) is 0.636. The van der Waals surface area contributed by atoms with E-state index in [-0.39, 0.29) is 42.2 Å². The maximum Gasteiger partial charge on any atom is 0.408 e. The van der Waals surface area contributed by atoms with Gasteiger partial charge in [-0.25, -0.2) is 4.79 Å². The van der Waals surface area contributed by atoms with Gasteiger partial charge in [0.15, 0.2) is 5.96 Å². The fourth-order valence-electron chi connectivity index (χ4n) is 2.98. The zero-order chi connectivity index (χ0) is 22.0. The Bertz CT molecular complexity index is 676. The van der Waals surface area contributed by atoms with E-state index in [2.05, 4.69) is 20.9 Å². The van der Waals surface area contributed by atoms with Crippen LogP contribution < -0.4 is 16.0 Å². The number of nitrogens with one attached hydrogen (secondary N) is 3. The number of carbonyl (C=O) groups is 1. The van der Waals surface area contributed by atoms with Gasteiger partial charge in [0, 0.05) is 26.2 Å². The molecule has 0 bridgehead atoms. The van der Waals surface area contributed by atoms with E-state index in [1.807, 2.05) is 58.0 Å². The van der Waals surface area contributed by atoms with Crippen LogP contribution in [-0.2, 0) is 14.2 Å². The molecule has 31 heavy (non-hydrogen) atoms. The van der Waals surface area contributed by atoms with Crippen LogP contribution in [0.2, 0.25) is 0 Å². The monoisotopic (exact) mass is 548 g/mol. The molecule has 1 aliphatic heterocycles. The second-order valence-electron chi connectivity index (χ2n) is 8.43. The number of nitrogens with zero attached hydrogens (tertiary/aromatic N) is 1. The highest BCUT2D eigenvalue weighted by Crippen LogP contribution is 2.14. The summed E-state index contributed by atoms with van der Waals surface area (Å²) in [4.78, 5) is 16.6. The van der Waals surface area contributed by atoms with E-state index in [0.717, 1.165) is 18.6 Å². The predicted octanol–water partition coefficient (Wildman–Crippen LogP) is 3.23. The minimum absolute atomic E-state index is 0. The largest absolute Gasteiger partial charge is 0.444 e. The summed E-state index contributed by atoms with van der Waals surface area (Å²) in [5.41, 5.74) is 0.416. The number of benzene rings is 1. The van der Waals surface area contributed by atoms with E-state index in [1.165, 1.54) is 0 Å². The number of amides is 1. The molecule has 1 aromatic rings. The van der Waals surface area contributed by atoms with Crippen LogP contribution in [0.3, 0.4) is 0 Å². The first-order chi connectivity index (χ1) is 14.3. The molecule has 0 saturated carbocycles. The molecule has 8 nitrogen and oxygen atoms in total. The van der Waals surface area contributed by atoms with Crippen LogP contribution in [0.25, 0.3) is 0 Å². The molecule has 3 atom stereocenters. The summed E-state index contributed by atoms with van der Waals surface area (Å²) in [6, 6.07) is 9.57. The molecule has 176 valence electrons. The van der Waals surface area contributed by atoms with Crippen LogP contribution in [0.4, 0.5) is 4.79 Å². The van der Waals surface area contributed by atoms with Crippen LogP contribution in [0.15, 0.2) is 35.3 Å². The number of rotatable bonds is 8. The first-order valence-electron chi connectivity index (χ1n) is 10.5. The molecule has 3 unspecified atom stereocenters. The average molecular weight is 548 g/mol. The Labute approximate surface area is 202 Å². The molecule has 1 aromatic carbocycles. The van der Waals surface area contributed by atoms with Gasteiger partial charge in [-0.05, 0) is 39.7 Å². The van der Waals surface area contributed by atoms with Crippen LogP contribution in [0.1, 0.15) is 45.7 Å². The van der Waals surface area contributed by atoms with E-state index in [9.17, 15) is 4.79 Å². The molecule has 0 aliphatic carbocycles. The molecule has 1 amide bonds. The molecule has 1 fully saturated rings. The van der Waals surface area contributed by atoms with Crippen LogP contribution >= 0.6 is 24.0 Å². The number of alkyl carbamates (subject to hydrolysis) is 1. The van der Waals surface area contributed by atoms with E-state index < -0.39 is 11.7 Å². The lowest BCUT2D eigenvalue weighted by molar-refractivity contribution is 0.0347. The van der Waals surface area contributed by atoms with E-state index in [0.29, 0.717) is 25.7 Å². The Balaban J connectivity index is 0.00000480. The molecular formula is C22H37IN4O4. The third-order valence-electron chi connectivity index (χ3n) is 4.44. The zero-order valence-corrected chi connectivity index (χ0v) is 21.5. The summed E-state index contributed by atoms with van der Waals surface area (Å²) in [5, 5.41) is 9.54. The van der Waals surface area contributed by atoms with Crippen molar-refractivity contribution in [2.24, 2.45) is 4.99 Å². The van der Waals surface area contributed by atoms with Crippen molar-refractivity contribution in [3.05, 3.63) is 35.9 Å². The van der Waals surface area contributed by atoms with Gasteiger partial charge in [-0.1, -0.05) is 30.3 Å². The molecule has 1 heterocycles. The third kappa shape index (κ3) is 11.0. The van der Waals surface area contributed by atoms with Crippen molar-refractivity contribution in [3.63, 3.8) is 0 Å². The van der Waals surface area contributed by atoms with Gasteiger partial charge in [0.2, 0.25) is 0 Å². The van der Waals surface area contributed by atoms with Crippen molar-refractivity contribution >= 4 is 36.0 Å². The number of aliphatic imine (C=N–C) groups is 1. The summed E-state index contributed by atoms with van der Waals surface area (Å²) in [6.07, 6.45) is 0.653. The summed E-state index contributed by atoms with van der Waals surface area (Å²) < 4.78 is 16.6. The maximum atomic E-state index is 12.3. The Morgan fingerprint density at radius 2 is 1.97 bits per heavy atom. The van der Waals surface area contributed by atoms with Gasteiger partial charge >= 0.3 is 6.09 Å². The summed E-state index contributed by atoms with van der Waals surface area (Å²) >= 11 is 0. The number of carbonyl (C=O) groups excluding carboxylic acids is 1. The number of hydrogen-bond acceptors (Lipinski definition) is 5. The van der Waals surface area contributed by atoms with Gasteiger partial charge in [0.1, 0.15) is 5.60 Å². The first-order valence-corrected chi connectivity index (χ1v) is 10.5. The van der Waals surface area contributed by atoms with Crippen LogP contribution in [-0.4, -0.2) is 63.2 Å². The SMILES string of the molecule is CN=C(NCC(NC(=O)OC(C)(C)C)c1ccccc1)NC(C)COC1CCOC1.I. The van der Waals surface area contributed by atoms with E-state index in [1.54, 1.807) is 7.05 Å². The second kappa shape index (κ2) is 13.7. The standard InChI is InChI=1S/C22H36N4O4.HI/c1-16(14-29-18-11-12-28-15-18)25-20(23-5)24-13-19(17-9-7-6-8-10-17)26-21(27)30-22(2,3)4;/h6-10,16,18-19H,11-15H2,1-5H3,(H,26,27)(H2,23,24,25);1H. The highest BCUT2D eigenvalue weighted by Gasteiger charge is 2.21. The smallest absolute Gasteiger partial charge is 0.408 e. The van der Waals surface area contributed by atoms with Crippen LogP contribution in [0, 0.1) is 0 Å². The van der Waals surface area contributed by atoms with E-state index >= 15 is 0 Å². The van der Waals surface area contributed by atoms with Crippen molar-refractivity contribution in [2.45, 2.75) is 57.9 Å². The van der Waals surface area contributed by atoms with Crippen molar-refractivity contribution in [1.82, 2.24) is 16.0 Å². The molecular weight excluding hydrogens is 511 g/mol. The molecule has 0 radical (unpaired) electrons. The minimum Gasteiger partial charge on any atom is -0.444 e. The van der Waals surface area contributed by atoms with Gasteiger partial charge in [-0.3, -0.25) is 4.99 Å². The van der Waals surface area contributed by atoms with Gasteiger partial charge in [-0.15, -0.1) is 24.0 Å². The molecule has 3 N–H and O–H groups in total. The Morgan fingerprint density at radius 3 is 2.55 bits per heavy atom. The lowest BCUT2D eigenvalue weighted by atomic mass is 10.1. The lowest BCUT2D eigenvalue weighted by Crippen LogP contribution is -2.47. The molecule has 0 aromatic heterocycles. The quantitative estimate of drug-likeness (QED) is 0.263. The van der Waals surface area contributed by atoms with Gasteiger partial charge in [0.05, 0.1) is 25.4 Å². The summed E-state index contributed by atoms with van der Waals surface area (Å²) in [5.74, 6) is 0.640. The molecule has 1 saturated heterocycles. The maximum absolute atomic E-state index is 12.3. The summed E-state index contributed by atoms with van der Waals surface area (Å²) in [7, 11) is 1.71. The third-order valence-corrected chi connectivity index (χ3v) is 4.44. The molecule has 1 aliphatic rings. The van der Waals surface area contributed by atoms with Gasteiger partial charge < -0.3 is 30.2 Å². The Morgan fingerprint density at radius 1 is 1.26 bits per heavy atom. The highest BCUT2D eigenvalue weighted by atomic mass is 127. The van der Waals surface area contributed by atoms with Crippen LogP contribution in [0.5, 0.6) is 0 Å².